The minimum absolute atomic E-state index is 0.0964. The summed E-state index contributed by atoms with van der Waals surface area (Å²) in [5, 5.41) is 17.1. The van der Waals surface area contributed by atoms with Gasteiger partial charge < -0.3 is 20.6 Å². The van der Waals surface area contributed by atoms with Crippen LogP contribution >= 0.6 is 11.6 Å². The molecule has 6 nitrogen and oxygen atoms in total. The minimum atomic E-state index is -0.603. The number of aliphatic hydroxyl groups excluding tert-OH is 1. The van der Waals surface area contributed by atoms with E-state index in [4.69, 9.17) is 11.6 Å². The standard InChI is InChI=1S/C25H30ClN3O3/c26-20-4-1-3-19(15-20)23(30)16-27-13-12-17-6-10-21(11-7-17)28-24(31)22-5-2-14-29(22)25(32)18-8-9-18/h1,3-4,6-7,10-11,15,18,22-23,27,30H,2,5,8-9,12-14,16H2,(H,28,31)/t22-,23-/m0/s1. The predicted octanol–water partition coefficient (Wildman–Crippen LogP) is 3.55. The molecule has 170 valence electrons. The second-order valence-corrected chi connectivity index (χ2v) is 9.11. The van der Waals surface area contributed by atoms with E-state index in [9.17, 15) is 14.7 Å². The molecule has 2 aromatic rings. The molecule has 1 saturated carbocycles. The number of amides is 2. The Bertz CT molecular complexity index is 946. The molecule has 4 rings (SSSR count). The van der Waals surface area contributed by atoms with E-state index in [1.54, 1.807) is 17.0 Å². The van der Waals surface area contributed by atoms with E-state index >= 15 is 0 Å². The van der Waals surface area contributed by atoms with Crippen LogP contribution in [0.4, 0.5) is 5.69 Å². The maximum Gasteiger partial charge on any atom is 0.247 e. The Balaban J connectivity index is 1.21. The molecule has 7 heteroatoms. The molecule has 32 heavy (non-hydrogen) atoms. The lowest BCUT2D eigenvalue weighted by Gasteiger charge is -2.24. The van der Waals surface area contributed by atoms with E-state index in [-0.39, 0.29) is 23.8 Å². The van der Waals surface area contributed by atoms with Crippen molar-refractivity contribution in [1.82, 2.24) is 10.2 Å². The highest BCUT2D eigenvalue weighted by molar-refractivity contribution is 6.30. The molecule has 0 radical (unpaired) electrons. The molecule has 1 saturated heterocycles. The van der Waals surface area contributed by atoms with Crippen LogP contribution in [0.3, 0.4) is 0 Å². The molecule has 0 bridgehead atoms. The Morgan fingerprint density at radius 2 is 1.91 bits per heavy atom. The number of hydrogen-bond donors (Lipinski definition) is 3. The second kappa shape index (κ2) is 10.5. The van der Waals surface area contributed by atoms with Crippen LogP contribution in [0.2, 0.25) is 5.02 Å². The molecule has 2 amide bonds. The van der Waals surface area contributed by atoms with Gasteiger partial charge in [-0.05, 0) is 74.0 Å². The van der Waals surface area contributed by atoms with Gasteiger partial charge in [0.2, 0.25) is 11.8 Å². The normalized spacial score (nSPS) is 19.1. The zero-order valence-electron chi connectivity index (χ0n) is 18.1. The first-order valence-electron chi connectivity index (χ1n) is 11.4. The highest BCUT2D eigenvalue weighted by Crippen LogP contribution is 2.34. The first-order chi connectivity index (χ1) is 15.5. The average Bonchev–Trinajstić information content (AvgIpc) is 3.53. The van der Waals surface area contributed by atoms with Crippen molar-refractivity contribution in [2.45, 2.75) is 44.2 Å². The summed E-state index contributed by atoms with van der Waals surface area (Å²) < 4.78 is 0. The van der Waals surface area contributed by atoms with Crippen molar-refractivity contribution in [1.29, 1.82) is 0 Å². The molecule has 2 atom stereocenters. The van der Waals surface area contributed by atoms with Crippen LogP contribution < -0.4 is 10.6 Å². The number of benzene rings is 2. The summed E-state index contributed by atoms with van der Waals surface area (Å²) in [6.45, 7) is 1.86. The van der Waals surface area contributed by atoms with Crippen LogP contribution in [0.1, 0.15) is 42.9 Å². The van der Waals surface area contributed by atoms with Gasteiger partial charge in [0.05, 0.1) is 6.10 Å². The third-order valence-electron chi connectivity index (χ3n) is 6.15. The van der Waals surface area contributed by atoms with Crippen molar-refractivity contribution in [2.24, 2.45) is 5.92 Å². The molecule has 3 N–H and O–H groups in total. The van der Waals surface area contributed by atoms with Gasteiger partial charge in [-0.25, -0.2) is 0 Å². The fourth-order valence-electron chi connectivity index (χ4n) is 4.15. The number of nitrogens with zero attached hydrogens (tertiary/aromatic N) is 1. The Kier molecular flexibility index (Phi) is 7.45. The number of halogens is 1. The van der Waals surface area contributed by atoms with Crippen molar-refractivity contribution in [3.05, 3.63) is 64.7 Å². The lowest BCUT2D eigenvalue weighted by Crippen LogP contribution is -2.43. The third kappa shape index (κ3) is 5.88. The quantitative estimate of drug-likeness (QED) is 0.505. The molecule has 2 aliphatic rings. The summed E-state index contributed by atoms with van der Waals surface area (Å²) in [4.78, 5) is 26.9. The molecule has 1 heterocycles. The molecule has 1 aliphatic heterocycles. The third-order valence-corrected chi connectivity index (χ3v) is 6.38. The molecule has 0 aromatic heterocycles. The van der Waals surface area contributed by atoms with Crippen molar-refractivity contribution < 1.29 is 14.7 Å². The smallest absolute Gasteiger partial charge is 0.247 e. The van der Waals surface area contributed by atoms with Crippen molar-refractivity contribution in [3.63, 3.8) is 0 Å². The number of hydrogen-bond acceptors (Lipinski definition) is 4. The lowest BCUT2D eigenvalue weighted by molar-refractivity contribution is -0.137. The summed E-state index contributed by atoms with van der Waals surface area (Å²) in [6, 6.07) is 14.7. The minimum Gasteiger partial charge on any atom is -0.387 e. The van der Waals surface area contributed by atoms with Gasteiger partial charge in [0.1, 0.15) is 6.04 Å². The van der Waals surface area contributed by atoms with E-state index < -0.39 is 6.10 Å². The SMILES string of the molecule is O=C(Nc1ccc(CCNC[C@H](O)c2cccc(Cl)c2)cc1)[C@@H]1CCCN1C(=O)C1CC1. The first-order valence-corrected chi connectivity index (χ1v) is 11.7. The van der Waals surface area contributed by atoms with Gasteiger partial charge in [-0.15, -0.1) is 0 Å². The lowest BCUT2D eigenvalue weighted by atomic mass is 10.1. The fourth-order valence-corrected chi connectivity index (χ4v) is 4.35. The van der Waals surface area contributed by atoms with E-state index in [0.29, 0.717) is 18.1 Å². The van der Waals surface area contributed by atoms with Crippen LogP contribution in [0.5, 0.6) is 0 Å². The number of aliphatic hydroxyl groups is 1. The predicted molar refractivity (Wildman–Crippen MR) is 126 cm³/mol. The summed E-state index contributed by atoms with van der Waals surface area (Å²) >= 11 is 5.97. The Hall–Kier alpha value is -2.41. The topological polar surface area (TPSA) is 81.7 Å². The van der Waals surface area contributed by atoms with Gasteiger partial charge in [-0.3, -0.25) is 9.59 Å². The largest absolute Gasteiger partial charge is 0.387 e. The van der Waals surface area contributed by atoms with Gasteiger partial charge in [0.25, 0.3) is 0 Å². The molecular weight excluding hydrogens is 426 g/mol. The van der Waals surface area contributed by atoms with Crippen LogP contribution in [0, 0.1) is 5.92 Å². The molecule has 2 fully saturated rings. The van der Waals surface area contributed by atoms with Crippen molar-refractivity contribution in [3.8, 4) is 0 Å². The van der Waals surface area contributed by atoms with Gasteiger partial charge in [0.15, 0.2) is 0 Å². The van der Waals surface area contributed by atoms with Gasteiger partial charge in [-0.1, -0.05) is 35.9 Å². The number of likely N-dealkylation sites (tertiary alicyclic amines) is 1. The maximum absolute atomic E-state index is 12.7. The molecule has 0 spiro atoms. The fraction of sp³-hybridized carbons (Fsp3) is 0.440. The number of rotatable bonds is 9. The number of nitrogens with one attached hydrogen (secondary N) is 2. The zero-order chi connectivity index (χ0) is 22.5. The molecule has 2 aromatic carbocycles. The van der Waals surface area contributed by atoms with Gasteiger partial charge in [-0.2, -0.15) is 0 Å². The first kappa shape index (κ1) is 22.8. The van der Waals surface area contributed by atoms with E-state index in [1.165, 1.54) is 0 Å². The highest BCUT2D eigenvalue weighted by Gasteiger charge is 2.40. The van der Waals surface area contributed by atoms with Crippen LogP contribution in [0.15, 0.2) is 48.5 Å². The zero-order valence-corrected chi connectivity index (χ0v) is 18.9. The number of carbonyl (C=O) groups is 2. The number of anilines is 1. The molecular formula is C25H30ClN3O3. The highest BCUT2D eigenvalue weighted by atomic mass is 35.5. The van der Waals surface area contributed by atoms with Crippen molar-refractivity contribution in [2.75, 3.05) is 25.0 Å². The summed E-state index contributed by atoms with van der Waals surface area (Å²) in [5.74, 6) is 0.190. The summed E-state index contributed by atoms with van der Waals surface area (Å²) in [6.07, 6.45) is 3.74. The van der Waals surface area contributed by atoms with E-state index in [1.807, 2.05) is 36.4 Å². The average molecular weight is 456 g/mol. The van der Waals surface area contributed by atoms with Crippen molar-refractivity contribution >= 4 is 29.1 Å². The Morgan fingerprint density at radius 1 is 1.12 bits per heavy atom. The maximum atomic E-state index is 12.7. The van der Waals surface area contributed by atoms with E-state index in [2.05, 4.69) is 10.6 Å². The summed E-state index contributed by atoms with van der Waals surface area (Å²) in [7, 11) is 0. The van der Waals surface area contributed by atoms with Crippen LogP contribution in [-0.4, -0.2) is 47.5 Å². The monoisotopic (exact) mass is 455 g/mol. The second-order valence-electron chi connectivity index (χ2n) is 8.68. The molecule has 1 aliphatic carbocycles. The van der Waals surface area contributed by atoms with Gasteiger partial charge in [0, 0.05) is 29.7 Å². The molecule has 0 unspecified atom stereocenters. The Morgan fingerprint density at radius 3 is 2.62 bits per heavy atom. The summed E-state index contributed by atoms with van der Waals surface area (Å²) in [5.41, 5.74) is 2.68. The van der Waals surface area contributed by atoms with Gasteiger partial charge >= 0.3 is 0 Å². The number of carbonyl (C=O) groups excluding carboxylic acids is 2. The Labute approximate surface area is 194 Å². The van der Waals surface area contributed by atoms with Crippen LogP contribution in [-0.2, 0) is 16.0 Å². The van der Waals surface area contributed by atoms with E-state index in [0.717, 1.165) is 55.5 Å². The van der Waals surface area contributed by atoms with Crippen LogP contribution in [0.25, 0.3) is 0 Å².